The summed E-state index contributed by atoms with van der Waals surface area (Å²) >= 11 is 0. The van der Waals surface area contributed by atoms with Crippen LogP contribution in [-0.4, -0.2) is 25.8 Å². The molecule has 22 heavy (non-hydrogen) atoms. The summed E-state index contributed by atoms with van der Waals surface area (Å²) < 4.78 is 9.57. The second kappa shape index (κ2) is 9.60. The number of carbonyl (C=O) groups excluding carboxylic acids is 2. The third kappa shape index (κ3) is 5.99. The standard InChI is InChI=1S/C17H23NO4/c1-4-22-17(20)18-16(14-10-6-5-7-11-14)13(2)9-8-12-15(19)21-3/h5-7,9-11,16H,4,8,12H2,1-3H3,(H,18,20)/b13-9+. The zero-order valence-electron chi connectivity index (χ0n) is 13.3. The molecule has 0 saturated heterocycles. The number of alkyl carbamates (subject to hydrolysis) is 1. The van der Waals surface area contributed by atoms with E-state index in [1.54, 1.807) is 6.92 Å². The summed E-state index contributed by atoms with van der Waals surface area (Å²) in [5.74, 6) is -0.251. The summed E-state index contributed by atoms with van der Waals surface area (Å²) in [5.41, 5.74) is 1.91. The van der Waals surface area contributed by atoms with Gasteiger partial charge in [0.2, 0.25) is 0 Å². The maximum Gasteiger partial charge on any atom is 0.407 e. The predicted molar refractivity (Wildman–Crippen MR) is 84.3 cm³/mol. The number of amides is 1. The van der Waals surface area contributed by atoms with Gasteiger partial charge in [-0.1, -0.05) is 42.0 Å². The highest BCUT2D eigenvalue weighted by molar-refractivity contribution is 5.69. The van der Waals surface area contributed by atoms with E-state index in [1.165, 1.54) is 7.11 Å². The van der Waals surface area contributed by atoms with E-state index in [-0.39, 0.29) is 12.0 Å². The molecule has 0 aliphatic rings. The van der Waals surface area contributed by atoms with Crippen LogP contribution in [0.15, 0.2) is 42.0 Å². The van der Waals surface area contributed by atoms with Crippen LogP contribution in [0, 0.1) is 0 Å². The molecular formula is C17H23NO4. The minimum Gasteiger partial charge on any atom is -0.469 e. The number of hydrogen-bond acceptors (Lipinski definition) is 4. The van der Waals surface area contributed by atoms with Crippen molar-refractivity contribution in [1.29, 1.82) is 0 Å². The molecule has 0 aliphatic carbocycles. The van der Waals surface area contributed by atoms with Crippen LogP contribution in [0.4, 0.5) is 4.79 Å². The van der Waals surface area contributed by atoms with E-state index in [0.717, 1.165) is 11.1 Å². The van der Waals surface area contributed by atoms with Crippen molar-refractivity contribution in [2.45, 2.75) is 32.7 Å². The number of methoxy groups -OCH3 is 1. The Labute approximate surface area is 131 Å². The first kappa shape index (κ1) is 17.8. The van der Waals surface area contributed by atoms with E-state index in [4.69, 9.17) is 4.74 Å². The molecule has 0 aliphatic heterocycles. The van der Waals surface area contributed by atoms with Crippen LogP contribution in [0.3, 0.4) is 0 Å². The van der Waals surface area contributed by atoms with Crippen molar-refractivity contribution in [2.24, 2.45) is 0 Å². The predicted octanol–water partition coefficient (Wildman–Crippen LogP) is 3.37. The number of allylic oxidation sites excluding steroid dienone is 1. The molecule has 120 valence electrons. The van der Waals surface area contributed by atoms with Crippen molar-refractivity contribution >= 4 is 12.1 Å². The van der Waals surface area contributed by atoms with E-state index >= 15 is 0 Å². The molecule has 0 aromatic heterocycles. The Hall–Kier alpha value is -2.30. The molecule has 1 rings (SSSR count). The molecule has 0 fully saturated rings. The first-order chi connectivity index (χ1) is 10.6. The van der Waals surface area contributed by atoms with E-state index < -0.39 is 6.09 Å². The molecular weight excluding hydrogens is 282 g/mol. The molecule has 1 aromatic carbocycles. The summed E-state index contributed by atoms with van der Waals surface area (Å²) in [4.78, 5) is 22.9. The number of benzene rings is 1. The van der Waals surface area contributed by atoms with Crippen molar-refractivity contribution < 1.29 is 19.1 Å². The van der Waals surface area contributed by atoms with Crippen LogP contribution >= 0.6 is 0 Å². The Balaban J connectivity index is 2.82. The molecule has 5 nitrogen and oxygen atoms in total. The fraction of sp³-hybridized carbons (Fsp3) is 0.412. The molecule has 1 unspecified atom stereocenters. The van der Waals surface area contributed by atoms with Crippen molar-refractivity contribution in [3.8, 4) is 0 Å². The molecule has 5 heteroatoms. The highest BCUT2D eigenvalue weighted by Crippen LogP contribution is 2.22. The van der Waals surface area contributed by atoms with Gasteiger partial charge in [0.1, 0.15) is 0 Å². The Bertz CT molecular complexity index is 511. The van der Waals surface area contributed by atoms with Crippen LogP contribution in [-0.2, 0) is 14.3 Å². The van der Waals surface area contributed by atoms with Gasteiger partial charge in [0, 0.05) is 6.42 Å². The second-order valence-corrected chi connectivity index (χ2v) is 4.77. The van der Waals surface area contributed by atoms with Crippen LogP contribution < -0.4 is 5.32 Å². The summed E-state index contributed by atoms with van der Waals surface area (Å²) in [5, 5.41) is 2.84. The minimum absolute atomic E-state index is 0.251. The van der Waals surface area contributed by atoms with E-state index in [1.807, 2.05) is 43.3 Å². The average Bonchev–Trinajstić information content (AvgIpc) is 2.53. The second-order valence-electron chi connectivity index (χ2n) is 4.77. The SMILES string of the molecule is CCOC(=O)NC(/C(C)=C/CCC(=O)OC)c1ccccc1. The summed E-state index contributed by atoms with van der Waals surface area (Å²) in [6.45, 7) is 4.00. The zero-order valence-corrected chi connectivity index (χ0v) is 13.3. The Morgan fingerprint density at radius 3 is 2.55 bits per heavy atom. The number of rotatable bonds is 7. The molecule has 1 N–H and O–H groups in total. The molecule has 0 bridgehead atoms. The molecule has 1 aromatic rings. The highest BCUT2D eigenvalue weighted by atomic mass is 16.5. The Morgan fingerprint density at radius 1 is 1.27 bits per heavy atom. The van der Waals surface area contributed by atoms with E-state index in [2.05, 4.69) is 10.1 Å². The molecule has 0 saturated carbocycles. The van der Waals surface area contributed by atoms with Crippen molar-refractivity contribution in [3.05, 3.63) is 47.5 Å². The normalized spacial score (nSPS) is 12.4. The number of carbonyl (C=O) groups is 2. The smallest absolute Gasteiger partial charge is 0.407 e. The monoisotopic (exact) mass is 305 g/mol. The van der Waals surface area contributed by atoms with E-state index in [9.17, 15) is 9.59 Å². The maximum atomic E-state index is 11.7. The van der Waals surface area contributed by atoms with Crippen LogP contribution in [0.25, 0.3) is 0 Å². The topological polar surface area (TPSA) is 64.6 Å². The van der Waals surface area contributed by atoms with Gasteiger partial charge < -0.3 is 14.8 Å². The van der Waals surface area contributed by atoms with Gasteiger partial charge in [0.05, 0.1) is 19.8 Å². The molecule has 0 radical (unpaired) electrons. The molecule has 0 spiro atoms. The summed E-state index contributed by atoms with van der Waals surface area (Å²) in [6.07, 6.45) is 2.35. The quantitative estimate of drug-likeness (QED) is 0.619. The lowest BCUT2D eigenvalue weighted by molar-refractivity contribution is -0.140. The number of esters is 1. The van der Waals surface area contributed by atoms with Gasteiger partial charge in [-0.05, 0) is 25.8 Å². The summed E-state index contributed by atoms with van der Waals surface area (Å²) in [6, 6.07) is 9.34. The first-order valence-electron chi connectivity index (χ1n) is 7.30. The van der Waals surface area contributed by atoms with Crippen molar-refractivity contribution in [2.75, 3.05) is 13.7 Å². The van der Waals surface area contributed by atoms with Crippen LogP contribution in [0.2, 0.25) is 0 Å². The van der Waals surface area contributed by atoms with Crippen molar-refractivity contribution in [3.63, 3.8) is 0 Å². The van der Waals surface area contributed by atoms with Crippen LogP contribution in [0.1, 0.15) is 38.3 Å². The van der Waals surface area contributed by atoms with Gasteiger partial charge in [-0.15, -0.1) is 0 Å². The average molecular weight is 305 g/mol. The van der Waals surface area contributed by atoms with E-state index in [0.29, 0.717) is 19.4 Å². The third-order valence-corrected chi connectivity index (χ3v) is 3.17. The maximum absolute atomic E-state index is 11.7. The lowest BCUT2D eigenvalue weighted by Crippen LogP contribution is -2.30. The lowest BCUT2D eigenvalue weighted by atomic mass is 9.99. The highest BCUT2D eigenvalue weighted by Gasteiger charge is 2.16. The van der Waals surface area contributed by atoms with Gasteiger partial charge in [-0.25, -0.2) is 4.79 Å². The molecule has 1 atom stereocenters. The van der Waals surface area contributed by atoms with Gasteiger partial charge in [-0.3, -0.25) is 4.79 Å². The summed E-state index contributed by atoms with van der Waals surface area (Å²) in [7, 11) is 1.37. The van der Waals surface area contributed by atoms with Crippen LogP contribution in [0.5, 0.6) is 0 Å². The Kier molecular flexibility index (Phi) is 7.75. The number of nitrogens with one attached hydrogen (secondary N) is 1. The lowest BCUT2D eigenvalue weighted by Gasteiger charge is -2.20. The van der Waals surface area contributed by atoms with Crippen molar-refractivity contribution in [1.82, 2.24) is 5.32 Å². The molecule has 0 heterocycles. The largest absolute Gasteiger partial charge is 0.469 e. The number of hydrogen-bond donors (Lipinski definition) is 1. The van der Waals surface area contributed by atoms with Gasteiger partial charge >= 0.3 is 12.1 Å². The third-order valence-electron chi connectivity index (χ3n) is 3.17. The zero-order chi connectivity index (χ0) is 16.4. The minimum atomic E-state index is -0.461. The first-order valence-corrected chi connectivity index (χ1v) is 7.30. The Morgan fingerprint density at radius 2 is 1.95 bits per heavy atom. The van der Waals surface area contributed by atoms with Gasteiger partial charge in [0.25, 0.3) is 0 Å². The van der Waals surface area contributed by atoms with Gasteiger partial charge in [0.15, 0.2) is 0 Å². The fourth-order valence-corrected chi connectivity index (χ4v) is 2.03. The number of ether oxygens (including phenoxy) is 2. The van der Waals surface area contributed by atoms with Gasteiger partial charge in [-0.2, -0.15) is 0 Å². The fourth-order valence-electron chi connectivity index (χ4n) is 2.03. The molecule has 1 amide bonds.